The van der Waals surface area contributed by atoms with E-state index < -0.39 is 8.16 Å². The van der Waals surface area contributed by atoms with E-state index in [9.17, 15) is 25.8 Å². The first-order chi connectivity index (χ1) is 19.7. The number of thiophene rings is 1. The first-order valence-corrected chi connectivity index (χ1v) is 18.3. The van der Waals surface area contributed by atoms with Crippen LogP contribution >= 0.6 is 19.5 Å². The second-order valence-electron chi connectivity index (χ2n) is 10.8. The van der Waals surface area contributed by atoms with Gasteiger partial charge in [-0.1, -0.05) is 0 Å². The molecule has 43 heavy (non-hydrogen) atoms. The number of halogens is 6. The van der Waals surface area contributed by atoms with Gasteiger partial charge in [0.1, 0.15) is 0 Å². The molecular weight excluding hydrogens is 674 g/mol. The Hall–Kier alpha value is -2.39. The van der Waals surface area contributed by atoms with Gasteiger partial charge in [-0.05, 0) is 0 Å². The molecule has 6 rings (SSSR count). The van der Waals surface area contributed by atoms with Gasteiger partial charge in [0.2, 0.25) is 0 Å². The van der Waals surface area contributed by atoms with Crippen molar-refractivity contribution in [1.82, 2.24) is 9.48 Å². The number of carbonyl (C=O) groups is 1. The number of benzene rings is 2. The van der Waals surface area contributed by atoms with Gasteiger partial charge in [0.25, 0.3) is 0 Å². The van der Waals surface area contributed by atoms with Gasteiger partial charge in [-0.3, -0.25) is 0 Å². The Morgan fingerprint density at radius 2 is 1.65 bits per heavy atom. The number of carbonyl (C=O) groups excluding carboxylic acids is 1. The van der Waals surface area contributed by atoms with Crippen LogP contribution in [0.2, 0.25) is 0 Å². The largest absolute Gasteiger partial charge is 1.00 e. The Kier molecular flexibility index (Phi) is 9.77. The molecule has 0 fully saturated rings. The van der Waals surface area contributed by atoms with Gasteiger partial charge < -0.3 is 4.70 Å². The number of hydrogen-bond acceptors (Lipinski definition) is 3. The Balaban J connectivity index is 0.000000551. The zero-order chi connectivity index (χ0) is 30.4. The van der Waals surface area contributed by atoms with Crippen LogP contribution in [0.5, 0.6) is 0 Å². The van der Waals surface area contributed by atoms with Crippen molar-refractivity contribution in [2.75, 3.05) is 45.2 Å². The van der Waals surface area contributed by atoms with Crippen LogP contribution in [0.1, 0.15) is 47.5 Å². The third-order valence-corrected chi connectivity index (χ3v) is 11.5. The SMILES string of the molecule is CCN(CC)C(=O)c1ccc(-c2c3ccc(=[N+](C)C)cc-3[se]c3c4c5c(cc23)CCCN5CCC4)s1.FP(F)(F)(F)F.[F-]. The summed E-state index contributed by atoms with van der Waals surface area (Å²) in [6.45, 7) is 8.00. The maximum Gasteiger partial charge on any atom is -1.00 e. The van der Waals surface area contributed by atoms with Crippen LogP contribution in [0.4, 0.5) is 26.7 Å². The van der Waals surface area contributed by atoms with E-state index in [1.54, 1.807) is 26.8 Å². The van der Waals surface area contributed by atoms with Crippen molar-refractivity contribution in [3.63, 3.8) is 0 Å². The van der Waals surface area contributed by atoms with Crippen LogP contribution in [0.3, 0.4) is 0 Å². The maximum absolute atomic E-state index is 13.2. The molecule has 1 amide bonds. The van der Waals surface area contributed by atoms with Crippen molar-refractivity contribution < 1.29 is 30.5 Å². The van der Waals surface area contributed by atoms with Crippen LogP contribution in [-0.4, -0.2) is 65.6 Å². The van der Waals surface area contributed by atoms with Crippen molar-refractivity contribution >= 4 is 55.2 Å². The molecule has 0 N–H and O–H groups in total. The van der Waals surface area contributed by atoms with Gasteiger partial charge in [0.15, 0.2) is 0 Å². The summed E-state index contributed by atoms with van der Waals surface area (Å²) in [5.41, 5.74) is 7.40. The summed E-state index contributed by atoms with van der Waals surface area (Å²) in [6.07, 6.45) is 4.86. The van der Waals surface area contributed by atoms with Crippen molar-refractivity contribution in [2.24, 2.45) is 0 Å². The summed E-state index contributed by atoms with van der Waals surface area (Å²) < 4.78 is 54.4. The first kappa shape index (κ1) is 33.5. The molecule has 13 heteroatoms. The number of hydrogen-bond donors (Lipinski definition) is 0. The van der Waals surface area contributed by atoms with Crippen LogP contribution in [0, 0.1) is 0 Å². The van der Waals surface area contributed by atoms with E-state index in [1.807, 2.05) is 11.0 Å². The zero-order valence-corrected chi connectivity index (χ0v) is 27.8. The molecule has 0 saturated carbocycles. The molecule has 0 radical (unpaired) electrons. The summed E-state index contributed by atoms with van der Waals surface area (Å²) >= 11 is 1.93. The van der Waals surface area contributed by atoms with Crippen LogP contribution in [0.15, 0.2) is 36.4 Å². The van der Waals surface area contributed by atoms with E-state index in [-0.39, 0.29) is 25.1 Å². The second-order valence-corrected chi connectivity index (χ2v) is 15.3. The van der Waals surface area contributed by atoms with Gasteiger partial charge in [-0.25, -0.2) is 0 Å². The zero-order valence-electron chi connectivity index (χ0n) is 24.4. The molecule has 4 nitrogen and oxygen atoms in total. The molecule has 0 saturated heterocycles. The number of anilines is 1. The molecule has 0 spiro atoms. The van der Waals surface area contributed by atoms with Gasteiger partial charge in [-0.15, -0.1) is 0 Å². The molecule has 2 aromatic rings. The standard InChI is InChI=1S/C30H34N3OSSe.F5P.FH/c1-5-32(6-2)30(34)25-14-13-24(35-25)27-21-12-11-20(31(3)4)18-26(21)36-29-22-10-8-16-33-15-7-9-19(28(22)33)17-23(27)29;1-6(2,3,4)5;/h11-14,17-18H,5-10,15-16H2,1-4H3;;1H/q+1;;/p-1. The second kappa shape index (κ2) is 12.5. The normalized spacial score (nSPS) is 15.1. The quantitative estimate of drug-likeness (QED) is 0.0992. The van der Waals surface area contributed by atoms with Crippen molar-refractivity contribution in [3.05, 3.63) is 57.8 Å². The smallest absolute Gasteiger partial charge is 1.00 e. The fourth-order valence-electron chi connectivity index (χ4n) is 5.99. The molecule has 4 heterocycles. The minimum absolute atomic E-state index is 0. The Morgan fingerprint density at radius 3 is 2.28 bits per heavy atom. The van der Waals surface area contributed by atoms with Crippen molar-refractivity contribution in [3.8, 4) is 20.4 Å². The van der Waals surface area contributed by atoms with E-state index in [2.05, 4.69) is 67.8 Å². The van der Waals surface area contributed by atoms with Crippen LogP contribution in [0.25, 0.3) is 30.1 Å². The monoisotopic (exact) mass is 709 g/mol. The number of fused-ring (bicyclic) bond motifs is 3. The summed E-state index contributed by atoms with van der Waals surface area (Å²) in [6, 6.07) is 13.7. The molecular formula is C30H34F6N3OPSSe. The fraction of sp³-hybridized carbons (Fsp3) is 0.400. The van der Waals surface area contributed by atoms with E-state index in [1.165, 1.54) is 75.5 Å². The van der Waals surface area contributed by atoms with E-state index >= 15 is 0 Å². The fourth-order valence-corrected chi connectivity index (χ4v) is 9.71. The average Bonchev–Trinajstić information content (AvgIpc) is 3.41. The molecule has 1 aromatic carbocycles. The Bertz CT molecular complexity index is 1690. The molecule has 234 valence electrons. The van der Waals surface area contributed by atoms with Gasteiger partial charge in [0, 0.05) is 0 Å². The number of rotatable bonds is 4. The van der Waals surface area contributed by atoms with Crippen LogP contribution < -0.4 is 19.5 Å². The van der Waals surface area contributed by atoms with E-state index in [0.29, 0.717) is 0 Å². The summed E-state index contributed by atoms with van der Waals surface area (Å²) in [5, 5.41) is 2.69. The minimum Gasteiger partial charge on any atom is -1.00 e. The third kappa shape index (κ3) is 7.30. The molecule has 1 aliphatic carbocycles. The Morgan fingerprint density at radius 1 is 1.00 bits per heavy atom. The summed E-state index contributed by atoms with van der Waals surface area (Å²) in [4.78, 5) is 19.8. The predicted molar refractivity (Wildman–Crippen MR) is 167 cm³/mol. The molecule has 0 bridgehead atoms. The molecule has 1 aromatic heterocycles. The molecule has 4 aliphatic rings. The molecule has 0 unspecified atom stereocenters. The average molecular weight is 709 g/mol. The van der Waals surface area contributed by atoms with Crippen molar-refractivity contribution in [1.29, 1.82) is 0 Å². The van der Waals surface area contributed by atoms with Gasteiger partial charge >= 0.3 is 253 Å². The summed E-state index contributed by atoms with van der Waals surface area (Å²) in [5.74, 6) is 0.149. The van der Waals surface area contributed by atoms with Crippen molar-refractivity contribution in [2.45, 2.75) is 39.5 Å². The molecule has 0 atom stereocenters. The maximum atomic E-state index is 13.2. The number of amides is 1. The summed E-state index contributed by atoms with van der Waals surface area (Å²) in [7, 11) is -4.30. The minimum atomic E-state index is -8.55. The van der Waals surface area contributed by atoms with E-state index in [0.717, 1.165) is 18.0 Å². The van der Waals surface area contributed by atoms with Crippen LogP contribution in [-0.2, 0) is 12.8 Å². The molecule has 3 aliphatic heterocycles. The third-order valence-electron chi connectivity index (χ3n) is 7.82. The number of nitrogens with zero attached hydrogens (tertiary/aromatic N) is 3. The van der Waals surface area contributed by atoms with Gasteiger partial charge in [-0.2, -0.15) is 0 Å². The van der Waals surface area contributed by atoms with E-state index in [4.69, 9.17) is 0 Å². The topological polar surface area (TPSA) is 26.6 Å². The Labute approximate surface area is 257 Å². The first-order valence-electron chi connectivity index (χ1n) is 14.0. The number of aryl methyl sites for hydroxylation is 2. The van der Waals surface area contributed by atoms with Gasteiger partial charge in [0.05, 0.1) is 0 Å². The predicted octanol–water partition coefficient (Wildman–Crippen LogP) is 4.91.